The monoisotopic (exact) mass is 482 g/mol. The molecule has 35 heavy (non-hydrogen) atoms. The van der Waals surface area contributed by atoms with Gasteiger partial charge in [-0.2, -0.15) is 5.10 Å². The number of aryl methyl sites for hydroxylation is 1. The molecule has 1 aromatic heterocycles. The molecule has 176 valence electrons. The molecule has 4 aromatic rings. The highest BCUT2D eigenvalue weighted by atomic mass is 35.5. The van der Waals surface area contributed by atoms with Crippen LogP contribution in [0.3, 0.4) is 0 Å². The highest BCUT2D eigenvalue weighted by molar-refractivity contribution is 6.30. The molecule has 2 aliphatic rings. The number of hydrogen-bond donors (Lipinski definition) is 0. The average Bonchev–Trinajstić information content (AvgIpc) is 3.44. The summed E-state index contributed by atoms with van der Waals surface area (Å²) >= 11 is 6.16. The zero-order valence-corrected chi connectivity index (χ0v) is 20.6. The first-order chi connectivity index (χ1) is 17.0. The number of benzene rings is 3. The number of piperidine rings is 1. The molecule has 3 aromatic carbocycles. The van der Waals surface area contributed by atoms with Crippen LogP contribution in [0, 0.1) is 6.92 Å². The Bertz CT molecular complexity index is 1400. The second kappa shape index (κ2) is 8.67. The number of aromatic nitrogens is 2. The van der Waals surface area contributed by atoms with Crippen molar-refractivity contribution in [3.05, 3.63) is 101 Å². The molecule has 0 radical (unpaired) electrons. The van der Waals surface area contributed by atoms with E-state index in [2.05, 4.69) is 37.1 Å². The smallest absolute Gasteiger partial charge is 0.262 e. The predicted molar refractivity (Wildman–Crippen MR) is 141 cm³/mol. The van der Waals surface area contributed by atoms with E-state index >= 15 is 0 Å². The van der Waals surface area contributed by atoms with Gasteiger partial charge in [0.1, 0.15) is 5.69 Å². The molecule has 0 N–H and O–H groups in total. The summed E-state index contributed by atoms with van der Waals surface area (Å²) in [4.78, 5) is 18.8. The largest absolute Gasteiger partial charge is 0.306 e. The molecular formula is C29H27ClN4O. The first-order valence-corrected chi connectivity index (χ1v) is 12.4. The number of halogens is 1. The number of likely N-dealkylation sites (tertiary alicyclic amines) is 1. The Labute approximate surface area is 210 Å². The molecule has 1 fully saturated rings. The fraction of sp³-hybridized carbons (Fsp3) is 0.241. The number of rotatable bonds is 3. The summed E-state index contributed by atoms with van der Waals surface area (Å²) < 4.78 is 1.80. The topological polar surface area (TPSA) is 41.4 Å². The maximum atomic E-state index is 14.4. The molecule has 0 aliphatic carbocycles. The molecule has 0 bridgehead atoms. The minimum Gasteiger partial charge on any atom is -0.306 e. The lowest BCUT2D eigenvalue weighted by Crippen LogP contribution is -2.47. The fourth-order valence-electron chi connectivity index (χ4n) is 5.54. The van der Waals surface area contributed by atoms with Crippen molar-refractivity contribution >= 4 is 23.2 Å². The third kappa shape index (κ3) is 3.85. The van der Waals surface area contributed by atoms with Crippen LogP contribution < -0.4 is 4.90 Å². The normalized spacial score (nSPS) is 19.5. The first-order valence-electron chi connectivity index (χ1n) is 12.0. The SMILES string of the molecule is Cc1ccc2c(c1)C1CN(C)CCC1N2C(=O)c1cn(-c2ccccc2)nc1-c1ccc(Cl)cc1. The van der Waals surface area contributed by atoms with Crippen molar-refractivity contribution in [2.75, 3.05) is 25.0 Å². The van der Waals surface area contributed by atoms with Crippen LogP contribution in [0.1, 0.15) is 33.8 Å². The summed E-state index contributed by atoms with van der Waals surface area (Å²) in [6, 6.07) is 24.1. The maximum Gasteiger partial charge on any atom is 0.262 e. The summed E-state index contributed by atoms with van der Waals surface area (Å²) in [5, 5.41) is 5.53. The minimum atomic E-state index is -0.000660. The van der Waals surface area contributed by atoms with Crippen LogP contribution in [-0.4, -0.2) is 46.8 Å². The van der Waals surface area contributed by atoms with Gasteiger partial charge in [0.2, 0.25) is 0 Å². The van der Waals surface area contributed by atoms with Crippen LogP contribution in [0.2, 0.25) is 5.02 Å². The van der Waals surface area contributed by atoms with Crippen LogP contribution in [-0.2, 0) is 0 Å². The van der Waals surface area contributed by atoms with Gasteiger partial charge >= 0.3 is 0 Å². The lowest BCUT2D eigenvalue weighted by molar-refractivity contribution is 0.0965. The van der Waals surface area contributed by atoms with Crippen molar-refractivity contribution in [1.82, 2.24) is 14.7 Å². The Morgan fingerprint density at radius 2 is 1.80 bits per heavy atom. The molecule has 2 atom stereocenters. The van der Waals surface area contributed by atoms with Crippen molar-refractivity contribution < 1.29 is 4.79 Å². The van der Waals surface area contributed by atoms with Crippen LogP contribution >= 0.6 is 11.6 Å². The van der Waals surface area contributed by atoms with Gasteiger partial charge < -0.3 is 9.80 Å². The molecule has 5 nitrogen and oxygen atoms in total. The standard InChI is InChI=1S/C29H27ClN4O/c1-19-8-13-26-23(16-19)24-17-32(2)15-14-27(24)34(26)29(35)25-18-33(22-6-4-3-5-7-22)31-28(25)20-9-11-21(30)12-10-20/h3-13,16,18,24,27H,14-15,17H2,1-2H3. The van der Waals surface area contributed by atoms with Crippen LogP contribution in [0.5, 0.6) is 0 Å². The third-order valence-electron chi connectivity index (χ3n) is 7.25. The first kappa shape index (κ1) is 22.1. The number of carbonyl (C=O) groups is 1. The van der Waals surface area contributed by atoms with Crippen LogP contribution in [0.25, 0.3) is 16.9 Å². The molecule has 2 aliphatic heterocycles. The second-order valence-electron chi connectivity index (χ2n) is 9.64. The van der Waals surface area contributed by atoms with E-state index in [-0.39, 0.29) is 11.9 Å². The number of anilines is 1. The zero-order valence-electron chi connectivity index (χ0n) is 19.9. The van der Waals surface area contributed by atoms with Gasteiger partial charge in [-0.1, -0.05) is 59.6 Å². The number of hydrogen-bond acceptors (Lipinski definition) is 3. The van der Waals surface area contributed by atoms with Gasteiger partial charge in [0, 0.05) is 41.0 Å². The van der Waals surface area contributed by atoms with Gasteiger partial charge in [-0.05, 0) is 62.8 Å². The van der Waals surface area contributed by atoms with E-state index in [9.17, 15) is 4.79 Å². The van der Waals surface area contributed by atoms with Gasteiger partial charge in [-0.15, -0.1) is 0 Å². The van der Waals surface area contributed by atoms with Gasteiger partial charge in [0.25, 0.3) is 5.91 Å². The van der Waals surface area contributed by atoms with Crippen molar-refractivity contribution in [1.29, 1.82) is 0 Å². The van der Waals surface area contributed by atoms with Gasteiger partial charge in [0.15, 0.2) is 0 Å². The van der Waals surface area contributed by atoms with Crippen molar-refractivity contribution in [3.8, 4) is 16.9 Å². The average molecular weight is 483 g/mol. The Morgan fingerprint density at radius 1 is 1.03 bits per heavy atom. The number of nitrogens with zero attached hydrogens (tertiary/aromatic N) is 4. The van der Waals surface area contributed by atoms with Gasteiger partial charge in [0.05, 0.1) is 11.3 Å². The van der Waals surface area contributed by atoms with Crippen LogP contribution in [0.15, 0.2) is 79.0 Å². The summed E-state index contributed by atoms with van der Waals surface area (Å²) in [6.07, 6.45) is 2.82. The third-order valence-corrected chi connectivity index (χ3v) is 7.51. The van der Waals surface area contributed by atoms with E-state index in [4.69, 9.17) is 16.7 Å². The fourth-order valence-corrected chi connectivity index (χ4v) is 5.67. The summed E-state index contributed by atoms with van der Waals surface area (Å²) in [6.45, 7) is 4.05. The number of fused-ring (bicyclic) bond motifs is 3. The predicted octanol–water partition coefficient (Wildman–Crippen LogP) is 5.95. The number of likely N-dealkylation sites (N-methyl/N-ethyl adjacent to an activating group) is 1. The van der Waals surface area contributed by atoms with Crippen molar-refractivity contribution in [2.45, 2.75) is 25.3 Å². The van der Waals surface area contributed by atoms with E-state index in [1.807, 2.05) is 65.7 Å². The second-order valence-corrected chi connectivity index (χ2v) is 10.1. The molecule has 3 heterocycles. The molecule has 6 rings (SSSR count). The summed E-state index contributed by atoms with van der Waals surface area (Å²) in [5.74, 6) is 0.315. The van der Waals surface area contributed by atoms with E-state index in [1.54, 1.807) is 4.68 Å². The van der Waals surface area contributed by atoms with E-state index in [1.165, 1.54) is 11.1 Å². The summed E-state index contributed by atoms with van der Waals surface area (Å²) in [7, 11) is 2.17. The van der Waals surface area contributed by atoms with Crippen LogP contribution in [0.4, 0.5) is 5.69 Å². The summed E-state index contributed by atoms with van der Waals surface area (Å²) in [5.41, 5.74) is 6.58. The Hall–Kier alpha value is -3.41. The quantitative estimate of drug-likeness (QED) is 0.362. The lowest BCUT2D eigenvalue weighted by atomic mass is 9.88. The molecule has 1 saturated heterocycles. The lowest BCUT2D eigenvalue weighted by Gasteiger charge is -2.36. The van der Waals surface area contributed by atoms with E-state index in [0.29, 0.717) is 22.2 Å². The molecule has 1 amide bonds. The van der Waals surface area contributed by atoms with E-state index in [0.717, 1.165) is 36.4 Å². The molecule has 0 spiro atoms. The highest BCUT2D eigenvalue weighted by Gasteiger charge is 2.44. The Kier molecular flexibility index (Phi) is 5.47. The van der Waals surface area contributed by atoms with Crippen molar-refractivity contribution in [2.24, 2.45) is 0 Å². The molecule has 6 heteroatoms. The Morgan fingerprint density at radius 3 is 2.57 bits per heavy atom. The maximum absolute atomic E-state index is 14.4. The van der Waals surface area contributed by atoms with Gasteiger partial charge in [-0.3, -0.25) is 4.79 Å². The van der Waals surface area contributed by atoms with Gasteiger partial charge in [-0.25, -0.2) is 4.68 Å². The molecular weight excluding hydrogens is 456 g/mol. The number of para-hydroxylation sites is 1. The Balaban J connectivity index is 1.48. The van der Waals surface area contributed by atoms with Crippen molar-refractivity contribution in [3.63, 3.8) is 0 Å². The highest BCUT2D eigenvalue weighted by Crippen LogP contribution is 2.46. The number of amides is 1. The minimum absolute atomic E-state index is 0.000660. The zero-order chi connectivity index (χ0) is 24.1. The molecule has 0 saturated carbocycles. The molecule has 2 unspecified atom stereocenters. The van der Waals surface area contributed by atoms with E-state index < -0.39 is 0 Å². The number of carbonyl (C=O) groups excluding carboxylic acids is 1.